The summed E-state index contributed by atoms with van der Waals surface area (Å²) in [6.07, 6.45) is 5.63. The molecule has 1 fully saturated rings. The number of rotatable bonds is 4. The number of pyridine rings is 1. The quantitative estimate of drug-likeness (QED) is 0.914. The van der Waals surface area contributed by atoms with Crippen LogP contribution in [0.1, 0.15) is 37.4 Å². The normalized spacial score (nSPS) is 20.8. The molecule has 0 saturated carbocycles. The van der Waals surface area contributed by atoms with Gasteiger partial charge in [-0.15, -0.1) is 0 Å². The van der Waals surface area contributed by atoms with Gasteiger partial charge in [0, 0.05) is 18.2 Å². The molecule has 1 saturated heterocycles. The van der Waals surface area contributed by atoms with E-state index in [1.54, 1.807) is 6.20 Å². The molecule has 19 heavy (non-hydrogen) atoms. The molecule has 2 unspecified atom stereocenters. The zero-order chi connectivity index (χ0) is 13.1. The smallest absolute Gasteiger partial charge is 0.0798 e. The van der Waals surface area contributed by atoms with Gasteiger partial charge >= 0.3 is 0 Å². The molecule has 1 aliphatic heterocycles. The summed E-state index contributed by atoms with van der Waals surface area (Å²) in [6, 6.07) is 9.87. The number of hydrogen-bond acceptors (Lipinski definition) is 3. The monoisotopic (exact) mass is 257 g/mol. The minimum Gasteiger partial charge on any atom is -0.388 e. The van der Waals surface area contributed by atoms with Crippen molar-refractivity contribution in [3.05, 3.63) is 42.1 Å². The molecule has 100 valence electrons. The highest BCUT2D eigenvalue weighted by atomic mass is 16.5. The molecule has 1 aromatic heterocycles. The average Bonchev–Trinajstić information content (AvgIpc) is 2.97. The lowest BCUT2D eigenvalue weighted by atomic mass is 9.99. The first-order valence-electron chi connectivity index (χ1n) is 6.98. The van der Waals surface area contributed by atoms with Crippen molar-refractivity contribution in [2.24, 2.45) is 0 Å². The van der Waals surface area contributed by atoms with Crippen molar-refractivity contribution < 1.29 is 9.84 Å². The molecule has 0 spiro atoms. The molecule has 1 aliphatic rings. The highest BCUT2D eigenvalue weighted by molar-refractivity contribution is 5.82. The van der Waals surface area contributed by atoms with Gasteiger partial charge in [-0.2, -0.15) is 0 Å². The lowest BCUT2D eigenvalue weighted by Crippen LogP contribution is -2.08. The molecule has 1 N–H and O–H groups in total. The van der Waals surface area contributed by atoms with Gasteiger partial charge in [-0.25, -0.2) is 0 Å². The van der Waals surface area contributed by atoms with Gasteiger partial charge in [-0.1, -0.05) is 18.2 Å². The van der Waals surface area contributed by atoms with Crippen LogP contribution in [-0.4, -0.2) is 22.8 Å². The van der Waals surface area contributed by atoms with Gasteiger partial charge in [-0.3, -0.25) is 4.98 Å². The molecule has 1 aromatic carbocycles. The van der Waals surface area contributed by atoms with Crippen LogP contribution in [0.3, 0.4) is 0 Å². The molecule has 0 aliphatic carbocycles. The minimum absolute atomic E-state index is 0.336. The van der Waals surface area contributed by atoms with E-state index in [1.165, 1.54) is 0 Å². The van der Waals surface area contributed by atoms with Crippen molar-refractivity contribution in [1.29, 1.82) is 0 Å². The zero-order valence-corrected chi connectivity index (χ0v) is 11.0. The van der Waals surface area contributed by atoms with Crippen LogP contribution in [0.25, 0.3) is 10.9 Å². The Bertz CT molecular complexity index is 544. The van der Waals surface area contributed by atoms with E-state index >= 15 is 0 Å². The fourth-order valence-electron chi connectivity index (χ4n) is 2.78. The van der Waals surface area contributed by atoms with Crippen molar-refractivity contribution >= 4 is 10.9 Å². The fraction of sp³-hybridized carbons (Fsp3) is 0.438. The predicted octanol–water partition coefficient (Wildman–Crippen LogP) is 3.23. The molecule has 2 heterocycles. The van der Waals surface area contributed by atoms with Crippen LogP contribution in [0.2, 0.25) is 0 Å². The Labute approximate surface area is 113 Å². The largest absolute Gasteiger partial charge is 0.388 e. The van der Waals surface area contributed by atoms with Crippen LogP contribution in [0.15, 0.2) is 36.5 Å². The Kier molecular flexibility index (Phi) is 3.76. The maximum atomic E-state index is 10.4. The third-order valence-electron chi connectivity index (χ3n) is 3.83. The van der Waals surface area contributed by atoms with Crippen LogP contribution >= 0.6 is 0 Å². The lowest BCUT2D eigenvalue weighted by molar-refractivity contribution is 0.0815. The number of para-hydroxylation sites is 1. The van der Waals surface area contributed by atoms with Crippen LogP contribution in [0.5, 0.6) is 0 Å². The lowest BCUT2D eigenvalue weighted by Gasteiger charge is -2.15. The van der Waals surface area contributed by atoms with Gasteiger partial charge in [0.15, 0.2) is 0 Å². The maximum Gasteiger partial charge on any atom is 0.0798 e. The number of fused-ring (bicyclic) bond motifs is 1. The van der Waals surface area contributed by atoms with E-state index in [2.05, 4.69) is 4.98 Å². The summed E-state index contributed by atoms with van der Waals surface area (Å²) in [4.78, 5) is 4.33. The first-order chi connectivity index (χ1) is 9.34. The number of aliphatic hydroxyl groups is 1. The first-order valence-corrected chi connectivity index (χ1v) is 6.98. The number of benzene rings is 1. The second-order valence-corrected chi connectivity index (χ2v) is 5.15. The Morgan fingerprint density at radius 3 is 3.05 bits per heavy atom. The maximum absolute atomic E-state index is 10.4. The molecular weight excluding hydrogens is 238 g/mol. The Balaban J connectivity index is 1.75. The summed E-state index contributed by atoms with van der Waals surface area (Å²) in [5.41, 5.74) is 1.92. The number of hydrogen-bond donors (Lipinski definition) is 1. The molecule has 0 radical (unpaired) electrons. The third-order valence-corrected chi connectivity index (χ3v) is 3.83. The zero-order valence-electron chi connectivity index (χ0n) is 11.0. The Morgan fingerprint density at radius 1 is 1.32 bits per heavy atom. The molecule has 0 amide bonds. The highest BCUT2D eigenvalue weighted by Gasteiger charge is 2.18. The van der Waals surface area contributed by atoms with Crippen molar-refractivity contribution in [1.82, 2.24) is 4.98 Å². The van der Waals surface area contributed by atoms with Crippen molar-refractivity contribution in [2.45, 2.75) is 37.9 Å². The van der Waals surface area contributed by atoms with Crippen molar-refractivity contribution in [3.63, 3.8) is 0 Å². The van der Waals surface area contributed by atoms with Gasteiger partial charge in [0.1, 0.15) is 0 Å². The van der Waals surface area contributed by atoms with Gasteiger partial charge in [0.05, 0.1) is 17.7 Å². The van der Waals surface area contributed by atoms with Crippen LogP contribution in [-0.2, 0) is 4.74 Å². The van der Waals surface area contributed by atoms with Gasteiger partial charge in [0.2, 0.25) is 0 Å². The molecule has 0 bridgehead atoms. The summed E-state index contributed by atoms with van der Waals surface area (Å²) in [7, 11) is 0. The molecule has 2 atom stereocenters. The summed E-state index contributed by atoms with van der Waals surface area (Å²) in [6.45, 7) is 0.874. The van der Waals surface area contributed by atoms with Crippen LogP contribution in [0.4, 0.5) is 0 Å². The molecular formula is C16H19NO2. The summed E-state index contributed by atoms with van der Waals surface area (Å²) in [5.74, 6) is 0. The molecule has 3 heteroatoms. The van der Waals surface area contributed by atoms with Gasteiger partial charge in [0.25, 0.3) is 0 Å². The second-order valence-electron chi connectivity index (χ2n) is 5.15. The predicted molar refractivity (Wildman–Crippen MR) is 74.9 cm³/mol. The van der Waals surface area contributed by atoms with E-state index < -0.39 is 6.10 Å². The Morgan fingerprint density at radius 2 is 2.21 bits per heavy atom. The second kappa shape index (κ2) is 5.68. The summed E-state index contributed by atoms with van der Waals surface area (Å²) >= 11 is 0. The average molecular weight is 257 g/mol. The fourth-order valence-corrected chi connectivity index (χ4v) is 2.78. The van der Waals surface area contributed by atoms with E-state index in [4.69, 9.17) is 4.74 Å². The SMILES string of the molecule is OC(CCC1CCCO1)c1ccnc2ccccc12. The van der Waals surface area contributed by atoms with Gasteiger partial charge < -0.3 is 9.84 Å². The highest BCUT2D eigenvalue weighted by Crippen LogP contribution is 2.28. The van der Waals surface area contributed by atoms with E-state index in [0.717, 1.165) is 48.8 Å². The van der Waals surface area contributed by atoms with E-state index in [1.807, 2.05) is 30.3 Å². The summed E-state index contributed by atoms with van der Waals surface area (Å²) < 4.78 is 5.60. The van der Waals surface area contributed by atoms with Gasteiger partial charge in [-0.05, 0) is 43.4 Å². The van der Waals surface area contributed by atoms with Crippen LogP contribution < -0.4 is 0 Å². The molecule has 2 aromatic rings. The van der Waals surface area contributed by atoms with Crippen molar-refractivity contribution in [2.75, 3.05) is 6.61 Å². The number of aromatic nitrogens is 1. The summed E-state index contributed by atoms with van der Waals surface area (Å²) in [5, 5.41) is 11.4. The third kappa shape index (κ3) is 2.77. The minimum atomic E-state index is -0.433. The van der Waals surface area contributed by atoms with E-state index in [9.17, 15) is 5.11 Å². The first kappa shape index (κ1) is 12.6. The van der Waals surface area contributed by atoms with Crippen molar-refractivity contribution in [3.8, 4) is 0 Å². The number of aliphatic hydroxyl groups excluding tert-OH is 1. The Hall–Kier alpha value is -1.45. The molecule has 3 rings (SSSR count). The van der Waals surface area contributed by atoms with Crippen LogP contribution in [0, 0.1) is 0 Å². The molecule has 3 nitrogen and oxygen atoms in total. The standard InChI is InChI=1S/C16H19NO2/c18-16(8-7-12-4-3-11-19-12)14-9-10-17-15-6-2-1-5-13(14)15/h1-2,5-6,9-10,12,16,18H,3-4,7-8,11H2. The number of ether oxygens (including phenoxy) is 1. The van der Waals surface area contributed by atoms with E-state index in [-0.39, 0.29) is 0 Å². The number of nitrogens with zero attached hydrogens (tertiary/aromatic N) is 1. The van der Waals surface area contributed by atoms with E-state index in [0.29, 0.717) is 6.10 Å². The topological polar surface area (TPSA) is 42.4 Å².